The topological polar surface area (TPSA) is 12.0 Å². The summed E-state index contributed by atoms with van der Waals surface area (Å²) in [5, 5.41) is 3.41. The smallest absolute Gasteiger partial charge is 0.152 e. The van der Waals surface area contributed by atoms with Crippen LogP contribution in [0.3, 0.4) is 0 Å². The summed E-state index contributed by atoms with van der Waals surface area (Å²) < 4.78 is 40.4. The average molecular weight is 314 g/mol. The molecule has 2 aromatic rings. The highest BCUT2D eigenvalue weighted by molar-refractivity contribution is 6.30. The highest BCUT2D eigenvalue weighted by Gasteiger charge is 2.17. The highest BCUT2D eigenvalue weighted by atomic mass is 35.5. The molecule has 1 N–H and O–H groups in total. The molecule has 0 aliphatic rings. The first-order valence-corrected chi connectivity index (χ1v) is 7.05. The first kappa shape index (κ1) is 15.7. The summed E-state index contributed by atoms with van der Waals surface area (Å²) in [4.78, 5) is 0. The van der Waals surface area contributed by atoms with E-state index in [-0.39, 0.29) is 11.7 Å². The predicted octanol–water partition coefficient (Wildman–Crippen LogP) is 5.71. The minimum atomic E-state index is -0.942. The van der Waals surface area contributed by atoms with E-state index in [4.69, 9.17) is 11.6 Å². The quantitative estimate of drug-likeness (QED) is 0.745. The molecule has 5 heteroatoms. The second-order valence-corrected chi connectivity index (χ2v) is 5.22. The summed E-state index contributed by atoms with van der Waals surface area (Å²) in [5.41, 5.74) is 0.550. The van der Waals surface area contributed by atoms with Crippen LogP contribution in [-0.2, 0) is 0 Å². The maximum absolute atomic E-state index is 13.7. The lowest BCUT2D eigenvalue weighted by molar-refractivity contribution is 0.541. The molecule has 1 unspecified atom stereocenters. The van der Waals surface area contributed by atoms with Crippen LogP contribution >= 0.6 is 11.6 Å². The Bertz CT molecular complexity index is 590. The zero-order valence-electron chi connectivity index (χ0n) is 11.5. The first-order valence-electron chi connectivity index (χ1n) is 6.67. The molecule has 1 nitrogen and oxygen atoms in total. The summed E-state index contributed by atoms with van der Waals surface area (Å²) in [6.45, 7) is 1.97. The Morgan fingerprint density at radius 2 is 1.62 bits per heavy atom. The van der Waals surface area contributed by atoms with Crippen molar-refractivity contribution < 1.29 is 13.2 Å². The van der Waals surface area contributed by atoms with Gasteiger partial charge in [0, 0.05) is 17.2 Å². The normalized spacial score (nSPS) is 12.2. The molecule has 1 atom stereocenters. The van der Waals surface area contributed by atoms with Crippen LogP contribution < -0.4 is 5.32 Å². The van der Waals surface area contributed by atoms with Gasteiger partial charge in [-0.1, -0.05) is 37.1 Å². The van der Waals surface area contributed by atoms with Crippen molar-refractivity contribution in [3.63, 3.8) is 0 Å². The van der Waals surface area contributed by atoms with E-state index in [2.05, 4.69) is 5.32 Å². The fourth-order valence-corrected chi connectivity index (χ4v) is 2.29. The average Bonchev–Trinajstić information content (AvgIpc) is 2.42. The molecule has 0 saturated heterocycles. The molecular formula is C16H15ClF3N. The van der Waals surface area contributed by atoms with E-state index in [0.29, 0.717) is 23.6 Å². The van der Waals surface area contributed by atoms with Gasteiger partial charge in [0.05, 0.1) is 6.04 Å². The Hall–Kier alpha value is -1.68. The zero-order valence-corrected chi connectivity index (χ0v) is 12.2. The summed E-state index contributed by atoms with van der Waals surface area (Å²) in [5.74, 6) is -2.82. The fourth-order valence-electron chi connectivity index (χ4n) is 2.16. The Morgan fingerprint density at radius 3 is 2.14 bits per heavy atom. The molecule has 0 fully saturated rings. The molecule has 0 heterocycles. The maximum Gasteiger partial charge on any atom is 0.152 e. The molecule has 21 heavy (non-hydrogen) atoms. The van der Waals surface area contributed by atoms with Gasteiger partial charge in [0.2, 0.25) is 0 Å². The van der Waals surface area contributed by atoms with E-state index in [1.807, 2.05) is 6.92 Å². The molecule has 112 valence electrons. The van der Waals surface area contributed by atoms with Crippen molar-refractivity contribution in [3.05, 3.63) is 64.4 Å². The van der Waals surface area contributed by atoms with Gasteiger partial charge in [0.1, 0.15) is 11.5 Å². The first-order chi connectivity index (χ1) is 10.0. The van der Waals surface area contributed by atoms with E-state index in [0.717, 1.165) is 12.0 Å². The van der Waals surface area contributed by atoms with Gasteiger partial charge in [-0.25, -0.2) is 13.2 Å². The Labute approximate surface area is 126 Å². The molecule has 0 saturated carbocycles. The summed E-state index contributed by atoms with van der Waals surface area (Å²) in [7, 11) is 0. The number of halogens is 4. The van der Waals surface area contributed by atoms with Crippen molar-refractivity contribution >= 4 is 17.3 Å². The summed E-state index contributed by atoms with van der Waals surface area (Å²) in [6, 6.07) is 8.09. The Kier molecular flexibility index (Phi) is 5.12. The van der Waals surface area contributed by atoms with Crippen molar-refractivity contribution in [3.8, 4) is 0 Å². The van der Waals surface area contributed by atoms with Crippen molar-refractivity contribution in [2.45, 2.75) is 25.8 Å². The van der Waals surface area contributed by atoms with E-state index >= 15 is 0 Å². The van der Waals surface area contributed by atoms with Gasteiger partial charge in [0.15, 0.2) is 11.6 Å². The van der Waals surface area contributed by atoms with Crippen LogP contribution in [0.4, 0.5) is 18.9 Å². The van der Waals surface area contributed by atoms with Gasteiger partial charge in [-0.05, 0) is 24.1 Å². The van der Waals surface area contributed by atoms with Gasteiger partial charge in [0.25, 0.3) is 0 Å². The van der Waals surface area contributed by atoms with E-state index in [1.165, 1.54) is 0 Å². The second-order valence-electron chi connectivity index (χ2n) is 4.78. The predicted molar refractivity (Wildman–Crippen MR) is 79.0 cm³/mol. The summed E-state index contributed by atoms with van der Waals surface area (Å²) >= 11 is 5.84. The third-order valence-corrected chi connectivity index (χ3v) is 3.43. The number of nitrogens with one attached hydrogen (secondary N) is 1. The van der Waals surface area contributed by atoms with Crippen LogP contribution in [0.5, 0.6) is 0 Å². The van der Waals surface area contributed by atoms with Gasteiger partial charge < -0.3 is 5.32 Å². The molecule has 0 spiro atoms. The van der Waals surface area contributed by atoms with Gasteiger partial charge in [-0.3, -0.25) is 0 Å². The lowest BCUT2D eigenvalue weighted by Crippen LogP contribution is -2.13. The molecule has 2 aromatic carbocycles. The fraction of sp³-hybridized carbons (Fsp3) is 0.250. The van der Waals surface area contributed by atoms with Crippen LogP contribution in [-0.4, -0.2) is 0 Å². The minimum absolute atomic E-state index is 0.276. The van der Waals surface area contributed by atoms with Crippen LogP contribution in [0.1, 0.15) is 31.4 Å². The minimum Gasteiger partial charge on any atom is -0.373 e. The van der Waals surface area contributed by atoms with Crippen molar-refractivity contribution in [2.75, 3.05) is 5.32 Å². The van der Waals surface area contributed by atoms with Crippen LogP contribution in [0.2, 0.25) is 5.02 Å². The van der Waals surface area contributed by atoms with Crippen molar-refractivity contribution in [1.82, 2.24) is 0 Å². The SMILES string of the molecule is CCCC(Nc1c(F)cc(F)cc1F)c1ccc(Cl)cc1. The van der Waals surface area contributed by atoms with Gasteiger partial charge in [-0.15, -0.1) is 0 Å². The lowest BCUT2D eigenvalue weighted by atomic mass is 10.0. The molecule has 0 aliphatic carbocycles. The monoisotopic (exact) mass is 313 g/mol. The lowest BCUT2D eigenvalue weighted by Gasteiger charge is -2.21. The maximum atomic E-state index is 13.7. The van der Waals surface area contributed by atoms with E-state index < -0.39 is 17.5 Å². The number of hydrogen-bond donors (Lipinski definition) is 1. The Morgan fingerprint density at radius 1 is 1.05 bits per heavy atom. The molecule has 0 radical (unpaired) electrons. The van der Waals surface area contributed by atoms with Crippen LogP contribution in [0.25, 0.3) is 0 Å². The standard InChI is InChI=1S/C16H15ClF3N/c1-2-3-15(10-4-6-11(17)7-5-10)21-16-13(19)8-12(18)9-14(16)20/h4-9,15,21H,2-3H2,1H3. The van der Waals surface area contributed by atoms with Crippen LogP contribution in [0.15, 0.2) is 36.4 Å². The number of benzene rings is 2. The van der Waals surface area contributed by atoms with E-state index in [1.54, 1.807) is 24.3 Å². The third kappa shape index (κ3) is 3.91. The molecule has 0 aromatic heterocycles. The number of rotatable bonds is 5. The van der Waals surface area contributed by atoms with Crippen LogP contribution in [0, 0.1) is 17.5 Å². The third-order valence-electron chi connectivity index (χ3n) is 3.18. The zero-order chi connectivity index (χ0) is 15.4. The molecule has 0 aliphatic heterocycles. The molecule has 0 bridgehead atoms. The second kappa shape index (κ2) is 6.85. The van der Waals surface area contributed by atoms with Crippen molar-refractivity contribution in [1.29, 1.82) is 0 Å². The van der Waals surface area contributed by atoms with Gasteiger partial charge >= 0.3 is 0 Å². The molecular weight excluding hydrogens is 299 g/mol. The molecule has 2 rings (SSSR count). The summed E-state index contributed by atoms with van der Waals surface area (Å²) in [6.07, 6.45) is 1.50. The molecule has 0 amide bonds. The van der Waals surface area contributed by atoms with E-state index in [9.17, 15) is 13.2 Å². The van der Waals surface area contributed by atoms with Gasteiger partial charge in [-0.2, -0.15) is 0 Å². The number of hydrogen-bond acceptors (Lipinski definition) is 1. The number of anilines is 1. The van der Waals surface area contributed by atoms with Crippen molar-refractivity contribution in [2.24, 2.45) is 0 Å². The highest BCUT2D eigenvalue weighted by Crippen LogP contribution is 2.28. The Balaban J connectivity index is 2.30. The largest absolute Gasteiger partial charge is 0.373 e.